The topological polar surface area (TPSA) is 49.8 Å². The lowest BCUT2D eigenvalue weighted by Crippen LogP contribution is -2.31. The van der Waals surface area contributed by atoms with Crippen LogP contribution in [0.5, 0.6) is 0 Å². The minimum Gasteiger partial charge on any atom is -0.370 e. The molecule has 0 aliphatic carbocycles. The number of hydrogen-bond donors (Lipinski definition) is 2. The van der Waals surface area contributed by atoms with Gasteiger partial charge in [-0.25, -0.2) is 9.97 Å². The Bertz CT molecular complexity index is 413. The van der Waals surface area contributed by atoms with Crippen LogP contribution >= 0.6 is 0 Å². The van der Waals surface area contributed by atoms with Crippen LogP contribution in [0.2, 0.25) is 0 Å². The Kier molecular flexibility index (Phi) is 5.58. The van der Waals surface area contributed by atoms with Crippen LogP contribution in [0.15, 0.2) is 0 Å². The van der Waals surface area contributed by atoms with Crippen molar-refractivity contribution < 1.29 is 0 Å². The van der Waals surface area contributed by atoms with Gasteiger partial charge in [-0.3, -0.25) is 0 Å². The third kappa shape index (κ3) is 4.69. The maximum absolute atomic E-state index is 4.55. The summed E-state index contributed by atoms with van der Waals surface area (Å²) in [6, 6.07) is 0. The lowest BCUT2D eigenvalue weighted by Gasteiger charge is -2.28. The Balaban J connectivity index is 2.97. The van der Waals surface area contributed by atoms with Gasteiger partial charge in [-0.15, -0.1) is 0 Å². The molecule has 4 nitrogen and oxygen atoms in total. The molecule has 1 rings (SSSR count). The standard InChI is InChI=1S/C15H28N4/c1-7-9-15(5,6)19-14-11(3)13(16-10-8-2)17-12(4)18-14/h7-10H2,1-6H3,(H2,16,17,18,19). The number of nitrogens with zero attached hydrogens (tertiary/aromatic N) is 2. The molecule has 1 aromatic rings. The first-order valence-corrected chi connectivity index (χ1v) is 7.27. The monoisotopic (exact) mass is 264 g/mol. The van der Waals surface area contributed by atoms with Crippen LogP contribution in [0, 0.1) is 13.8 Å². The Morgan fingerprint density at radius 2 is 1.63 bits per heavy atom. The summed E-state index contributed by atoms with van der Waals surface area (Å²) in [7, 11) is 0. The summed E-state index contributed by atoms with van der Waals surface area (Å²) in [5.41, 5.74) is 1.16. The average molecular weight is 264 g/mol. The Hall–Kier alpha value is -1.32. The molecule has 0 saturated heterocycles. The van der Waals surface area contributed by atoms with Crippen LogP contribution in [0.3, 0.4) is 0 Å². The van der Waals surface area contributed by atoms with Gasteiger partial charge in [0.25, 0.3) is 0 Å². The minimum absolute atomic E-state index is 0.0579. The van der Waals surface area contributed by atoms with Gasteiger partial charge in [0.2, 0.25) is 0 Å². The van der Waals surface area contributed by atoms with Crippen molar-refractivity contribution in [1.29, 1.82) is 0 Å². The summed E-state index contributed by atoms with van der Waals surface area (Å²) in [6.45, 7) is 13.7. The summed E-state index contributed by atoms with van der Waals surface area (Å²) in [5, 5.41) is 6.92. The largest absolute Gasteiger partial charge is 0.370 e. The van der Waals surface area contributed by atoms with E-state index in [0.29, 0.717) is 0 Å². The first-order valence-electron chi connectivity index (χ1n) is 7.27. The number of anilines is 2. The van der Waals surface area contributed by atoms with Crippen molar-refractivity contribution >= 4 is 11.6 Å². The summed E-state index contributed by atoms with van der Waals surface area (Å²) in [5.74, 6) is 2.70. The number of aromatic nitrogens is 2. The SMILES string of the molecule is CCCNc1nc(C)nc(NC(C)(C)CCC)c1C. The van der Waals surface area contributed by atoms with Crippen LogP contribution in [0.4, 0.5) is 11.6 Å². The van der Waals surface area contributed by atoms with Crippen LogP contribution in [-0.4, -0.2) is 22.1 Å². The smallest absolute Gasteiger partial charge is 0.135 e. The van der Waals surface area contributed by atoms with E-state index in [1.165, 1.54) is 0 Å². The maximum atomic E-state index is 4.55. The van der Waals surface area contributed by atoms with Crippen LogP contribution in [0.25, 0.3) is 0 Å². The van der Waals surface area contributed by atoms with Crippen molar-refractivity contribution in [3.63, 3.8) is 0 Å². The highest BCUT2D eigenvalue weighted by atomic mass is 15.1. The van der Waals surface area contributed by atoms with E-state index < -0.39 is 0 Å². The van der Waals surface area contributed by atoms with E-state index in [2.05, 4.69) is 55.2 Å². The highest BCUT2D eigenvalue weighted by molar-refractivity contribution is 5.58. The van der Waals surface area contributed by atoms with E-state index in [-0.39, 0.29) is 5.54 Å². The molecule has 19 heavy (non-hydrogen) atoms. The lowest BCUT2D eigenvalue weighted by atomic mass is 9.99. The summed E-state index contributed by atoms with van der Waals surface area (Å²) < 4.78 is 0. The van der Waals surface area contributed by atoms with Gasteiger partial charge in [0.1, 0.15) is 17.5 Å². The average Bonchev–Trinajstić information content (AvgIpc) is 2.31. The maximum Gasteiger partial charge on any atom is 0.135 e. The normalized spacial score (nSPS) is 11.5. The van der Waals surface area contributed by atoms with E-state index in [9.17, 15) is 0 Å². The number of rotatable bonds is 7. The summed E-state index contributed by atoms with van der Waals surface area (Å²) in [4.78, 5) is 9.03. The molecule has 0 radical (unpaired) electrons. The zero-order valence-electron chi connectivity index (χ0n) is 13.2. The van der Waals surface area contributed by atoms with Crippen molar-refractivity contribution in [2.24, 2.45) is 0 Å². The van der Waals surface area contributed by atoms with E-state index in [0.717, 1.165) is 48.8 Å². The van der Waals surface area contributed by atoms with E-state index in [1.807, 2.05) is 6.92 Å². The molecule has 0 spiro atoms. The van der Waals surface area contributed by atoms with E-state index in [4.69, 9.17) is 0 Å². The Morgan fingerprint density at radius 1 is 1.00 bits per heavy atom. The fourth-order valence-corrected chi connectivity index (χ4v) is 2.17. The van der Waals surface area contributed by atoms with Gasteiger partial charge in [0, 0.05) is 17.6 Å². The molecular weight excluding hydrogens is 236 g/mol. The first-order chi connectivity index (χ1) is 8.89. The highest BCUT2D eigenvalue weighted by Gasteiger charge is 2.19. The molecule has 2 N–H and O–H groups in total. The second kappa shape index (κ2) is 6.73. The molecule has 0 amide bonds. The van der Waals surface area contributed by atoms with Gasteiger partial charge >= 0.3 is 0 Å². The fourth-order valence-electron chi connectivity index (χ4n) is 2.17. The zero-order valence-corrected chi connectivity index (χ0v) is 13.2. The van der Waals surface area contributed by atoms with Gasteiger partial charge in [0.05, 0.1) is 0 Å². The quantitative estimate of drug-likeness (QED) is 0.784. The number of nitrogens with one attached hydrogen (secondary N) is 2. The van der Waals surface area contributed by atoms with Crippen molar-refractivity contribution in [1.82, 2.24) is 9.97 Å². The molecule has 0 aliphatic rings. The predicted molar refractivity (Wildman–Crippen MR) is 82.9 cm³/mol. The molecule has 0 atom stereocenters. The van der Waals surface area contributed by atoms with Gasteiger partial charge in [-0.2, -0.15) is 0 Å². The van der Waals surface area contributed by atoms with E-state index >= 15 is 0 Å². The second-order valence-corrected chi connectivity index (χ2v) is 5.78. The Labute approximate surface area is 117 Å². The zero-order chi connectivity index (χ0) is 14.5. The van der Waals surface area contributed by atoms with Gasteiger partial charge < -0.3 is 10.6 Å². The number of aryl methyl sites for hydroxylation is 1. The molecule has 108 valence electrons. The van der Waals surface area contributed by atoms with Gasteiger partial charge in [-0.1, -0.05) is 20.3 Å². The third-order valence-corrected chi connectivity index (χ3v) is 3.13. The molecule has 1 heterocycles. The molecule has 4 heteroatoms. The predicted octanol–water partition coefficient (Wildman–Crippen LogP) is 3.91. The third-order valence-electron chi connectivity index (χ3n) is 3.13. The second-order valence-electron chi connectivity index (χ2n) is 5.78. The molecule has 0 aliphatic heterocycles. The minimum atomic E-state index is 0.0579. The van der Waals surface area contributed by atoms with Gasteiger partial charge in [-0.05, 0) is 40.5 Å². The van der Waals surface area contributed by atoms with Crippen LogP contribution in [-0.2, 0) is 0 Å². The van der Waals surface area contributed by atoms with Crippen LogP contribution in [0.1, 0.15) is 58.3 Å². The number of hydrogen-bond acceptors (Lipinski definition) is 4. The van der Waals surface area contributed by atoms with Crippen molar-refractivity contribution in [3.05, 3.63) is 11.4 Å². The summed E-state index contributed by atoms with van der Waals surface area (Å²) in [6.07, 6.45) is 3.36. The van der Waals surface area contributed by atoms with E-state index in [1.54, 1.807) is 0 Å². The first kappa shape index (κ1) is 15.7. The fraction of sp³-hybridized carbons (Fsp3) is 0.733. The molecular formula is C15H28N4. The van der Waals surface area contributed by atoms with Crippen molar-refractivity contribution in [3.8, 4) is 0 Å². The summed E-state index contributed by atoms with van der Waals surface area (Å²) >= 11 is 0. The molecule has 0 bridgehead atoms. The van der Waals surface area contributed by atoms with Crippen molar-refractivity contribution in [2.45, 2.75) is 66.3 Å². The highest BCUT2D eigenvalue weighted by Crippen LogP contribution is 2.24. The lowest BCUT2D eigenvalue weighted by molar-refractivity contribution is 0.508. The molecule has 0 unspecified atom stereocenters. The molecule has 0 aromatic carbocycles. The Morgan fingerprint density at radius 3 is 2.21 bits per heavy atom. The molecule has 1 aromatic heterocycles. The molecule has 0 fully saturated rings. The van der Waals surface area contributed by atoms with Crippen LogP contribution < -0.4 is 10.6 Å². The van der Waals surface area contributed by atoms with Crippen molar-refractivity contribution in [2.75, 3.05) is 17.2 Å². The molecule has 0 saturated carbocycles. The van der Waals surface area contributed by atoms with Gasteiger partial charge in [0.15, 0.2) is 0 Å².